The van der Waals surface area contributed by atoms with E-state index in [4.69, 9.17) is 5.73 Å². The van der Waals surface area contributed by atoms with Gasteiger partial charge < -0.3 is 0 Å². The number of allylic oxidation sites excluding steroid dienone is 2. The van der Waals surface area contributed by atoms with Gasteiger partial charge in [-0.25, -0.2) is 0 Å². The average Bonchev–Trinajstić information content (AvgIpc) is 2.72. The van der Waals surface area contributed by atoms with E-state index in [2.05, 4.69) is 126 Å². The Hall–Kier alpha value is -1.23. The Morgan fingerprint density at radius 1 is 0.969 bits per heavy atom. The van der Waals surface area contributed by atoms with Crippen LogP contribution in [0.1, 0.15) is 52.2 Å². The van der Waals surface area contributed by atoms with Crippen molar-refractivity contribution in [2.24, 2.45) is 5.73 Å². The molecule has 0 aromatic heterocycles. The molecule has 2 aromatic rings. The van der Waals surface area contributed by atoms with Gasteiger partial charge in [0.05, 0.1) is 0 Å². The van der Waals surface area contributed by atoms with E-state index in [1.165, 1.54) is 22.4 Å². The Morgan fingerprint density at radius 3 is 2.16 bits per heavy atom. The van der Waals surface area contributed by atoms with Crippen molar-refractivity contribution in [3.63, 3.8) is 0 Å². The summed E-state index contributed by atoms with van der Waals surface area (Å²) >= 11 is 0.428. The standard InChI is InChI=1S/C16H27NP.C12H12N.Pd/c1-15(2,3)18-16(4,5)12-13-8-10-14(11-9-13)17(6)7;13-12-9-5-4-8-11(12)10-6-2-1-3-7-10;/h8-11H,12H2,1-7H3;1-8H,9,13H2;/q-1;;+1. The van der Waals surface area contributed by atoms with Gasteiger partial charge in [-0.3, -0.25) is 0 Å². The van der Waals surface area contributed by atoms with Crippen LogP contribution in [-0.4, -0.2) is 28.4 Å². The summed E-state index contributed by atoms with van der Waals surface area (Å²) in [7, 11) is 4.19. The van der Waals surface area contributed by atoms with Crippen molar-refractivity contribution in [3.8, 4) is 0 Å². The number of nitrogens with two attached hydrogens (primary N) is 1. The van der Waals surface area contributed by atoms with E-state index in [0.717, 1.165) is 12.8 Å². The van der Waals surface area contributed by atoms with Crippen LogP contribution >= 0.6 is 6.11 Å². The molecule has 0 radical (unpaired) electrons. The fourth-order valence-corrected chi connectivity index (χ4v) is 14.0. The molecule has 2 aromatic carbocycles. The van der Waals surface area contributed by atoms with Crippen molar-refractivity contribution >= 4 is 17.4 Å². The molecule has 0 saturated heterocycles. The van der Waals surface area contributed by atoms with E-state index in [1.807, 2.05) is 0 Å². The first kappa shape index (κ1) is 25.4. The van der Waals surface area contributed by atoms with E-state index < -0.39 is 0 Å². The van der Waals surface area contributed by atoms with Crippen molar-refractivity contribution in [1.29, 1.82) is 0 Å². The van der Waals surface area contributed by atoms with Crippen LogP contribution in [0.2, 0.25) is 0 Å². The van der Waals surface area contributed by atoms with E-state index in [1.54, 1.807) is 0 Å². The summed E-state index contributed by atoms with van der Waals surface area (Å²) in [4.78, 5) is 2.16. The zero-order valence-electron chi connectivity index (χ0n) is 20.6. The van der Waals surface area contributed by atoms with Crippen molar-refractivity contribution in [2.75, 3.05) is 19.0 Å². The molecular formula is C28H39N2PPd. The maximum atomic E-state index is 7.29. The first-order valence-electron chi connectivity index (χ1n) is 11.3. The molecule has 2 nitrogen and oxygen atoms in total. The van der Waals surface area contributed by atoms with Gasteiger partial charge in [-0.2, -0.15) is 0 Å². The Bertz CT molecular complexity index is 955. The maximum absolute atomic E-state index is 7.29. The zero-order chi connectivity index (χ0) is 23.6. The minimum absolute atomic E-state index is 0.191. The SMILES string of the molecule is CN(C)c1ccc(CC(C)(C)[P]([Pd][C]2(N)CC=CC=C2c2ccccc2)C(C)(C)C)cc1. The average molecular weight is 541 g/mol. The number of rotatable bonds is 7. The van der Waals surface area contributed by atoms with Crippen molar-refractivity contribution in [2.45, 2.75) is 61.8 Å². The topological polar surface area (TPSA) is 29.3 Å². The third-order valence-electron chi connectivity index (χ3n) is 5.65. The van der Waals surface area contributed by atoms with Crippen LogP contribution in [0.15, 0.2) is 72.8 Å². The molecule has 2 atom stereocenters. The molecule has 0 aliphatic heterocycles. The second kappa shape index (κ2) is 9.95. The molecule has 0 bridgehead atoms. The summed E-state index contributed by atoms with van der Waals surface area (Å²) in [6.45, 7) is 12.2. The minimum atomic E-state index is -0.337. The molecule has 1 aliphatic rings. The Labute approximate surface area is 204 Å². The van der Waals surface area contributed by atoms with Crippen LogP contribution < -0.4 is 10.6 Å². The van der Waals surface area contributed by atoms with Gasteiger partial charge in [-0.05, 0) is 0 Å². The van der Waals surface area contributed by atoms with Gasteiger partial charge in [0, 0.05) is 0 Å². The Balaban J connectivity index is 1.90. The van der Waals surface area contributed by atoms with Crippen molar-refractivity contribution in [1.82, 2.24) is 0 Å². The number of benzene rings is 2. The molecule has 0 heterocycles. The number of nitrogens with zero attached hydrogens (tertiary/aromatic N) is 1. The quantitative estimate of drug-likeness (QED) is 0.301. The molecule has 0 fully saturated rings. The molecule has 2 N–H and O–H groups in total. The molecule has 1 aliphatic carbocycles. The molecule has 4 heteroatoms. The number of anilines is 1. The van der Waals surface area contributed by atoms with Gasteiger partial charge in [0.2, 0.25) is 0 Å². The van der Waals surface area contributed by atoms with E-state index in [0.29, 0.717) is 17.5 Å². The molecule has 0 amide bonds. The van der Waals surface area contributed by atoms with Crippen LogP contribution in [0.3, 0.4) is 0 Å². The molecule has 2 unspecified atom stereocenters. The number of hydrogen-bond acceptors (Lipinski definition) is 2. The molecule has 0 spiro atoms. The van der Waals surface area contributed by atoms with Gasteiger partial charge in [-0.15, -0.1) is 0 Å². The second-order valence-electron chi connectivity index (χ2n) is 10.4. The Morgan fingerprint density at radius 2 is 1.59 bits per heavy atom. The molecule has 0 saturated carbocycles. The fraction of sp³-hybridized carbons (Fsp3) is 0.429. The van der Waals surface area contributed by atoms with Crippen LogP contribution in [0.5, 0.6) is 0 Å². The summed E-state index contributed by atoms with van der Waals surface area (Å²) in [6, 6.07) is 19.8. The predicted molar refractivity (Wildman–Crippen MR) is 140 cm³/mol. The van der Waals surface area contributed by atoms with Crippen LogP contribution in [0.4, 0.5) is 5.69 Å². The molecular weight excluding hydrogens is 502 g/mol. The van der Waals surface area contributed by atoms with Crippen LogP contribution in [0, 0.1) is 0 Å². The summed E-state index contributed by atoms with van der Waals surface area (Å²) < 4.78 is -0.282. The molecule has 3 rings (SSSR count). The van der Waals surface area contributed by atoms with Crippen LogP contribution in [0.25, 0.3) is 5.57 Å². The summed E-state index contributed by atoms with van der Waals surface area (Å²) in [6.07, 6.45) is 8.35. The molecule has 176 valence electrons. The van der Waals surface area contributed by atoms with Crippen LogP contribution in [-0.2, 0) is 23.9 Å². The predicted octanol–water partition coefficient (Wildman–Crippen LogP) is 7.05. The number of hydrogen-bond donors (Lipinski definition) is 1. The summed E-state index contributed by atoms with van der Waals surface area (Å²) in [5.41, 5.74) is 12.5. The zero-order valence-corrected chi connectivity index (χ0v) is 23.1. The summed E-state index contributed by atoms with van der Waals surface area (Å²) in [5, 5.41) is 0.420. The van der Waals surface area contributed by atoms with Crippen molar-refractivity contribution < 1.29 is 17.5 Å². The van der Waals surface area contributed by atoms with E-state index in [9.17, 15) is 0 Å². The Kier molecular flexibility index (Phi) is 7.90. The van der Waals surface area contributed by atoms with Gasteiger partial charge >= 0.3 is 205 Å². The van der Waals surface area contributed by atoms with Gasteiger partial charge in [0.15, 0.2) is 0 Å². The summed E-state index contributed by atoms with van der Waals surface area (Å²) in [5.74, 6) is 0. The first-order valence-corrected chi connectivity index (χ1v) is 15.4. The van der Waals surface area contributed by atoms with Gasteiger partial charge in [0.25, 0.3) is 0 Å². The van der Waals surface area contributed by atoms with Gasteiger partial charge in [0.1, 0.15) is 0 Å². The first-order chi connectivity index (χ1) is 14.9. The molecule has 32 heavy (non-hydrogen) atoms. The third kappa shape index (κ3) is 6.01. The second-order valence-corrected chi connectivity index (χ2v) is 18.1. The monoisotopic (exact) mass is 540 g/mol. The normalized spacial score (nSPS) is 20.2. The van der Waals surface area contributed by atoms with Gasteiger partial charge in [-0.1, -0.05) is 0 Å². The van der Waals surface area contributed by atoms with E-state index in [-0.39, 0.29) is 20.4 Å². The van der Waals surface area contributed by atoms with E-state index >= 15 is 0 Å². The van der Waals surface area contributed by atoms with Crippen molar-refractivity contribution in [3.05, 3.63) is 84.0 Å². The fourth-order valence-electron chi connectivity index (χ4n) is 4.36. The third-order valence-corrected chi connectivity index (χ3v) is 17.9.